The predicted molar refractivity (Wildman–Crippen MR) is 106 cm³/mol. The second-order valence-corrected chi connectivity index (χ2v) is 6.99. The van der Waals surface area contributed by atoms with E-state index in [1.54, 1.807) is 6.20 Å². The molecule has 0 amide bonds. The Morgan fingerprint density at radius 2 is 1.89 bits per heavy atom. The first kappa shape index (κ1) is 16.1. The topological polar surface area (TPSA) is 37.7 Å². The second-order valence-electron chi connectivity index (χ2n) is 6.99. The first-order chi connectivity index (χ1) is 13.3. The van der Waals surface area contributed by atoms with E-state index in [9.17, 15) is 0 Å². The first-order valence-electron chi connectivity index (χ1n) is 9.44. The molecular weight excluding hydrogens is 334 g/mol. The highest BCUT2D eigenvalue weighted by atomic mass is 16.5. The van der Waals surface area contributed by atoms with E-state index in [1.165, 1.54) is 11.1 Å². The summed E-state index contributed by atoms with van der Waals surface area (Å²) >= 11 is 0. The summed E-state index contributed by atoms with van der Waals surface area (Å²) in [5, 5.41) is 7.08. The molecule has 2 aliphatic rings. The van der Waals surface area contributed by atoms with Gasteiger partial charge in [-0.05, 0) is 24.1 Å². The summed E-state index contributed by atoms with van der Waals surface area (Å²) in [7, 11) is 0. The highest BCUT2D eigenvalue weighted by molar-refractivity contribution is 6.01. The molecule has 3 aromatic rings. The molecule has 0 bridgehead atoms. The fourth-order valence-electron chi connectivity index (χ4n) is 3.88. The van der Waals surface area contributed by atoms with Crippen LogP contribution in [0.4, 0.5) is 0 Å². The Labute approximate surface area is 159 Å². The van der Waals surface area contributed by atoms with Crippen LogP contribution >= 0.6 is 0 Å². The lowest BCUT2D eigenvalue weighted by Crippen LogP contribution is -2.33. The van der Waals surface area contributed by atoms with Crippen molar-refractivity contribution in [3.05, 3.63) is 95.3 Å². The zero-order chi connectivity index (χ0) is 18.2. The normalized spacial score (nSPS) is 20.5. The maximum Gasteiger partial charge on any atom is 0.213 e. The van der Waals surface area contributed by atoms with Crippen molar-refractivity contribution in [1.29, 1.82) is 0 Å². The molecule has 1 aromatic heterocycles. The van der Waals surface area contributed by atoms with Gasteiger partial charge in [0.05, 0.1) is 11.8 Å². The SMILES string of the molecule is CCc1ccc([C@@H]2Oc3ccccc3[C@@H]3CC(c4cccnc4)=NN32)cc1. The number of pyridine rings is 1. The first-order valence-corrected chi connectivity index (χ1v) is 9.44. The fraction of sp³-hybridized carbons (Fsp3) is 0.217. The van der Waals surface area contributed by atoms with Crippen LogP contribution in [0.2, 0.25) is 0 Å². The van der Waals surface area contributed by atoms with E-state index < -0.39 is 0 Å². The van der Waals surface area contributed by atoms with Crippen LogP contribution in [0.25, 0.3) is 0 Å². The van der Waals surface area contributed by atoms with Crippen LogP contribution in [0.5, 0.6) is 5.75 Å². The lowest BCUT2D eigenvalue weighted by molar-refractivity contribution is -0.0190. The van der Waals surface area contributed by atoms with Crippen LogP contribution in [-0.2, 0) is 6.42 Å². The Morgan fingerprint density at radius 3 is 2.67 bits per heavy atom. The number of ether oxygens (including phenoxy) is 1. The minimum Gasteiger partial charge on any atom is -0.464 e. The summed E-state index contributed by atoms with van der Waals surface area (Å²) in [6, 6.07) is 21.2. The highest BCUT2D eigenvalue weighted by Gasteiger charge is 2.40. The average molecular weight is 355 g/mol. The number of para-hydroxylation sites is 1. The molecule has 0 N–H and O–H groups in total. The summed E-state index contributed by atoms with van der Waals surface area (Å²) in [4.78, 5) is 4.26. The summed E-state index contributed by atoms with van der Waals surface area (Å²) < 4.78 is 6.39. The van der Waals surface area contributed by atoms with E-state index in [-0.39, 0.29) is 12.3 Å². The van der Waals surface area contributed by atoms with Gasteiger partial charge in [0.1, 0.15) is 5.75 Å². The molecule has 27 heavy (non-hydrogen) atoms. The maximum absolute atomic E-state index is 6.39. The van der Waals surface area contributed by atoms with Crippen molar-refractivity contribution < 1.29 is 4.74 Å². The Kier molecular flexibility index (Phi) is 3.89. The highest BCUT2D eigenvalue weighted by Crippen LogP contribution is 2.47. The third kappa shape index (κ3) is 2.78. The lowest BCUT2D eigenvalue weighted by atomic mass is 9.96. The van der Waals surface area contributed by atoms with Crippen molar-refractivity contribution in [1.82, 2.24) is 9.99 Å². The number of hydrazone groups is 1. The van der Waals surface area contributed by atoms with Gasteiger partial charge in [0.25, 0.3) is 0 Å². The van der Waals surface area contributed by atoms with Crippen LogP contribution in [0.3, 0.4) is 0 Å². The summed E-state index contributed by atoms with van der Waals surface area (Å²) in [5.74, 6) is 0.950. The molecule has 2 aromatic carbocycles. The van der Waals surface area contributed by atoms with Gasteiger partial charge in [-0.15, -0.1) is 0 Å². The second kappa shape index (κ2) is 6.54. The molecule has 4 nitrogen and oxygen atoms in total. The molecule has 0 aliphatic carbocycles. The summed E-state index contributed by atoms with van der Waals surface area (Å²) in [6.45, 7) is 2.17. The number of fused-ring (bicyclic) bond motifs is 3. The molecule has 3 heterocycles. The van der Waals surface area contributed by atoms with Gasteiger partial charge in [-0.1, -0.05) is 55.5 Å². The third-order valence-corrected chi connectivity index (χ3v) is 5.37. The van der Waals surface area contributed by atoms with E-state index in [1.807, 2.05) is 18.3 Å². The largest absolute Gasteiger partial charge is 0.464 e. The number of rotatable bonds is 3. The van der Waals surface area contributed by atoms with Crippen molar-refractivity contribution in [2.75, 3.05) is 0 Å². The smallest absolute Gasteiger partial charge is 0.213 e. The fourth-order valence-corrected chi connectivity index (χ4v) is 3.88. The molecule has 2 aliphatic heterocycles. The van der Waals surface area contributed by atoms with Crippen molar-refractivity contribution >= 4 is 5.71 Å². The Hall–Kier alpha value is -3.14. The third-order valence-electron chi connectivity index (χ3n) is 5.37. The monoisotopic (exact) mass is 355 g/mol. The van der Waals surface area contributed by atoms with Gasteiger partial charge in [-0.3, -0.25) is 4.98 Å². The average Bonchev–Trinajstić information content (AvgIpc) is 3.20. The molecule has 134 valence electrons. The maximum atomic E-state index is 6.39. The van der Waals surface area contributed by atoms with Crippen LogP contribution in [0, 0.1) is 0 Å². The Morgan fingerprint density at radius 1 is 1.04 bits per heavy atom. The van der Waals surface area contributed by atoms with E-state index in [0.717, 1.165) is 35.4 Å². The predicted octanol–water partition coefficient (Wildman–Crippen LogP) is 4.89. The van der Waals surface area contributed by atoms with E-state index in [0.29, 0.717) is 0 Å². The van der Waals surface area contributed by atoms with E-state index in [2.05, 4.69) is 65.4 Å². The minimum atomic E-state index is -0.218. The standard InChI is InChI=1S/C23H21N3O/c1-2-16-9-11-17(12-10-16)23-26-21(19-7-3-4-8-22(19)27-23)14-20(25-26)18-6-5-13-24-15-18/h3-13,15,21,23H,2,14H2,1H3/t21-,23-/m0/s1. The van der Waals surface area contributed by atoms with E-state index in [4.69, 9.17) is 9.84 Å². The van der Waals surface area contributed by atoms with Crippen LogP contribution in [0.1, 0.15) is 47.9 Å². The number of aromatic nitrogens is 1. The zero-order valence-electron chi connectivity index (χ0n) is 15.2. The van der Waals surface area contributed by atoms with Gasteiger partial charge in [-0.2, -0.15) is 5.10 Å². The molecule has 0 saturated carbocycles. The molecule has 0 saturated heterocycles. The minimum absolute atomic E-state index is 0.181. The quantitative estimate of drug-likeness (QED) is 0.671. The van der Waals surface area contributed by atoms with E-state index >= 15 is 0 Å². The summed E-state index contributed by atoms with van der Waals surface area (Å²) in [5.41, 5.74) is 5.78. The summed E-state index contributed by atoms with van der Waals surface area (Å²) in [6.07, 6.45) is 5.35. The van der Waals surface area contributed by atoms with Gasteiger partial charge in [0.15, 0.2) is 0 Å². The number of benzene rings is 2. The van der Waals surface area contributed by atoms with Gasteiger partial charge in [-0.25, -0.2) is 5.01 Å². The lowest BCUT2D eigenvalue weighted by Gasteiger charge is -2.38. The number of hydrogen-bond acceptors (Lipinski definition) is 4. The Balaban J connectivity index is 1.57. The molecule has 5 rings (SSSR count). The Bertz CT molecular complexity index is 982. The van der Waals surface area contributed by atoms with Crippen molar-refractivity contribution in [3.8, 4) is 5.75 Å². The molecule has 0 radical (unpaired) electrons. The molecule has 0 unspecified atom stereocenters. The van der Waals surface area contributed by atoms with Crippen molar-refractivity contribution in [2.45, 2.75) is 32.0 Å². The molecule has 4 heteroatoms. The van der Waals surface area contributed by atoms with Crippen LogP contribution < -0.4 is 4.74 Å². The molecule has 0 spiro atoms. The van der Waals surface area contributed by atoms with Crippen LogP contribution in [-0.4, -0.2) is 15.7 Å². The van der Waals surface area contributed by atoms with Gasteiger partial charge < -0.3 is 4.74 Å². The molecular formula is C23H21N3O. The number of nitrogens with zero attached hydrogens (tertiary/aromatic N) is 3. The number of aryl methyl sites for hydroxylation is 1. The molecule has 0 fully saturated rings. The van der Waals surface area contributed by atoms with Gasteiger partial charge in [0, 0.05) is 35.5 Å². The zero-order valence-corrected chi connectivity index (χ0v) is 15.2. The number of hydrogen-bond donors (Lipinski definition) is 0. The van der Waals surface area contributed by atoms with Crippen molar-refractivity contribution in [2.24, 2.45) is 5.10 Å². The van der Waals surface area contributed by atoms with Gasteiger partial charge >= 0.3 is 0 Å². The van der Waals surface area contributed by atoms with Crippen molar-refractivity contribution in [3.63, 3.8) is 0 Å². The van der Waals surface area contributed by atoms with Gasteiger partial charge in [0.2, 0.25) is 6.23 Å². The molecule has 2 atom stereocenters. The van der Waals surface area contributed by atoms with Crippen LogP contribution in [0.15, 0.2) is 78.2 Å².